The van der Waals surface area contributed by atoms with Crippen molar-refractivity contribution >= 4 is 23.5 Å². The maximum absolute atomic E-state index is 13.1. The zero-order chi connectivity index (χ0) is 19.2. The van der Waals surface area contributed by atoms with Gasteiger partial charge in [0.15, 0.2) is 0 Å². The Balaban J connectivity index is 2.06. The third kappa shape index (κ3) is 4.57. The van der Waals surface area contributed by atoms with Crippen LogP contribution in [0.4, 0.5) is 14.5 Å². The molecule has 2 heterocycles. The van der Waals surface area contributed by atoms with E-state index >= 15 is 0 Å². The molecule has 27 heavy (non-hydrogen) atoms. The van der Waals surface area contributed by atoms with Crippen molar-refractivity contribution in [1.29, 1.82) is 0 Å². The number of alkyl halides is 2. The lowest BCUT2D eigenvalue weighted by Crippen LogP contribution is -2.38. The molecule has 0 spiro atoms. The monoisotopic (exact) mass is 372 g/mol. The number of nitrogens with one attached hydrogen (secondary N) is 3. The van der Waals surface area contributed by atoms with Gasteiger partial charge in [-0.1, -0.05) is 24.8 Å². The molecule has 5 N–H and O–H groups in total. The van der Waals surface area contributed by atoms with Gasteiger partial charge in [0.2, 0.25) is 0 Å². The Bertz CT molecular complexity index is 865. The zero-order valence-corrected chi connectivity index (χ0v) is 15.3. The van der Waals surface area contributed by atoms with Gasteiger partial charge < -0.3 is 21.7 Å². The van der Waals surface area contributed by atoms with E-state index in [2.05, 4.69) is 22.5 Å². The molecule has 1 fully saturated rings. The van der Waals surface area contributed by atoms with E-state index in [1.807, 2.05) is 24.3 Å². The summed E-state index contributed by atoms with van der Waals surface area (Å²) in [6.07, 6.45) is 8.14. The molecule has 0 amide bonds. The minimum absolute atomic E-state index is 0.0518. The molecule has 4 nitrogen and oxygen atoms in total. The SMILES string of the molecule is C=C/C=c1/cc(C2=CCNC(C(F)F)=C2)cc(NC2CCNCC2)/c1=C/N. The van der Waals surface area contributed by atoms with E-state index in [1.165, 1.54) is 6.08 Å². The molecule has 2 aliphatic heterocycles. The van der Waals surface area contributed by atoms with Gasteiger partial charge in [-0.25, -0.2) is 8.78 Å². The number of nitrogens with two attached hydrogens (primary N) is 1. The van der Waals surface area contributed by atoms with E-state index in [0.29, 0.717) is 12.6 Å². The van der Waals surface area contributed by atoms with Crippen LogP contribution in [0.1, 0.15) is 18.4 Å². The van der Waals surface area contributed by atoms with Crippen molar-refractivity contribution in [2.24, 2.45) is 5.73 Å². The highest BCUT2D eigenvalue weighted by Crippen LogP contribution is 2.23. The first-order valence-electron chi connectivity index (χ1n) is 9.22. The molecule has 2 aliphatic rings. The second kappa shape index (κ2) is 8.86. The van der Waals surface area contributed by atoms with Gasteiger partial charge in [0.05, 0.1) is 5.70 Å². The quantitative estimate of drug-likeness (QED) is 0.635. The van der Waals surface area contributed by atoms with E-state index in [9.17, 15) is 8.78 Å². The molecule has 0 aromatic heterocycles. The summed E-state index contributed by atoms with van der Waals surface area (Å²) in [6, 6.07) is 4.31. The fraction of sp³-hybridized carbons (Fsp3) is 0.333. The van der Waals surface area contributed by atoms with Gasteiger partial charge in [-0.2, -0.15) is 0 Å². The van der Waals surface area contributed by atoms with Gasteiger partial charge in [0, 0.05) is 29.7 Å². The van der Waals surface area contributed by atoms with Crippen LogP contribution >= 0.6 is 0 Å². The lowest BCUT2D eigenvalue weighted by molar-refractivity contribution is 0.181. The molecule has 0 aliphatic carbocycles. The van der Waals surface area contributed by atoms with E-state index < -0.39 is 6.43 Å². The summed E-state index contributed by atoms with van der Waals surface area (Å²) in [4.78, 5) is 0. The maximum atomic E-state index is 13.1. The Morgan fingerprint density at radius 2 is 2.04 bits per heavy atom. The first-order valence-corrected chi connectivity index (χ1v) is 9.22. The average molecular weight is 372 g/mol. The third-order valence-electron chi connectivity index (χ3n) is 4.88. The molecule has 1 aromatic carbocycles. The number of piperidine rings is 1. The summed E-state index contributed by atoms with van der Waals surface area (Å²) in [5.74, 6) is 0. The zero-order valence-electron chi connectivity index (χ0n) is 15.3. The second-order valence-electron chi connectivity index (χ2n) is 6.71. The minimum Gasteiger partial charge on any atom is -0.404 e. The van der Waals surface area contributed by atoms with Crippen LogP contribution < -0.4 is 32.1 Å². The second-order valence-corrected chi connectivity index (χ2v) is 6.71. The van der Waals surface area contributed by atoms with Crippen molar-refractivity contribution in [3.05, 3.63) is 58.6 Å². The molecular weight excluding hydrogens is 346 g/mol. The van der Waals surface area contributed by atoms with Crippen LogP contribution in [0.2, 0.25) is 0 Å². The van der Waals surface area contributed by atoms with E-state index in [4.69, 9.17) is 5.73 Å². The first-order chi connectivity index (χ1) is 13.1. The van der Waals surface area contributed by atoms with Crippen LogP contribution in [0.3, 0.4) is 0 Å². The van der Waals surface area contributed by atoms with Crippen LogP contribution in [-0.2, 0) is 0 Å². The summed E-state index contributed by atoms with van der Waals surface area (Å²) in [5.41, 5.74) is 8.43. The molecule has 0 atom stereocenters. The lowest BCUT2D eigenvalue weighted by atomic mass is 9.98. The average Bonchev–Trinajstić information content (AvgIpc) is 2.69. The third-order valence-corrected chi connectivity index (χ3v) is 4.88. The Labute approximate surface area is 158 Å². The Morgan fingerprint density at radius 1 is 1.26 bits per heavy atom. The Hall–Kier alpha value is -2.60. The van der Waals surface area contributed by atoms with Crippen LogP contribution in [0.25, 0.3) is 17.8 Å². The standard InChI is InChI=1S/C21H26F2N4/c1-2-3-15-10-16(14-4-9-26-20(11-14)21(22)23)12-19(18(15)13-24)27-17-5-7-25-8-6-17/h2-4,10-13,17,21,25-27H,1,5-9,24H2/b15-3-,18-13+. The largest absolute Gasteiger partial charge is 0.404 e. The van der Waals surface area contributed by atoms with Gasteiger partial charge in [0.25, 0.3) is 6.43 Å². The topological polar surface area (TPSA) is 62.1 Å². The molecule has 1 aromatic rings. The van der Waals surface area contributed by atoms with Crippen molar-refractivity contribution in [2.45, 2.75) is 25.3 Å². The first kappa shape index (κ1) is 19.2. The molecule has 0 saturated carbocycles. The number of rotatable bonds is 5. The van der Waals surface area contributed by atoms with Crippen molar-refractivity contribution in [2.75, 3.05) is 25.0 Å². The number of halogens is 2. The molecule has 1 saturated heterocycles. The summed E-state index contributed by atoms with van der Waals surface area (Å²) in [5, 5.41) is 11.5. The van der Waals surface area contributed by atoms with Crippen molar-refractivity contribution in [1.82, 2.24) is 10.6 Å². The lowest BCUT2D eigenvalue weighted by Gasteiger charge is -2.25. The van der Waals surface area contributed by atoms with E-state index in [0.717, 1.165) is 53.2 Å². The van der Waals surface area contributed by atoms with Gasteiger partial charge in [-0.3, -0.25) is 0 Å². The van der Waals surface area contributed by atoms with Crippen LogP contribution in [0, 0.1) is 0 Å². The van der Waals surface area contributed by atoms with Crippen LogP contribution in [0.15, 0.2) is 42.6 Å². The summed E-state index contributed by atoms with van der Waals surface area (Å²) >= 11 is 0. The Kier molecular flexibility index (Phi) is 6.29. The Morgan fingerprint density at radius 3 is 2.70 bits per heavy atom. The van der Waals surface area contributed by atoms with Gasteiger partial charge in [-0.15, -0.1) is 0 Å². The van der Waals surface area contributed by atoms with Gasteiger partial charge >= 0.3 is 0 Å². The molecule has 6 heteroatoms. The van der Waals surface area contributed by atoms with Crippen molar-refractivity contribution in [3.8, 4) is 0 Å². The molecule has 0 bridgehead atoms. The smallest absolute Gasteiger partial charge is 0.277 e. The van der Waals surface area contributed by atoms with E-state index in [-0.39, 0.29) is 5.70 Å². The molecule has 3 rings (SSSR count). The normalized spacial score (nSPS) is 19.5. The fourth-order valence-electron chi connectivity index (χ4n) is 3.50. The number of allylic oxidation sites excluding steroid dienone is 4. The highest BCUT2D eigenvalue weighted by atomic mass is 19.3. The van der Waals surface area contributed by atoms with Gasteiger partial charge in [0.1, 0.15) is 0 Å². The number of hydrogen-bond acceptors (Lipinski definition) is 4. The number of benzene rings is 1. The minimum atomic E-state index is -2.52. The molecular formula is C21H26F2N4. The fourth-order valence-corrected chi connectivity index (χ4v) is 3.50. The number of hydrogen-bond donors (Lipinski definition) is 4. The van der Waals surface area contributed by atoms with Crippen molar-refractivity contribution < 1.29 is 8.78 Å². The van der Waals surface area contributed by atoms with Crippen LogP contribution in [-0.4, -0.2) is 32.1 Å². The highest BCUT2D eigenvalue weighted by molar-refractivity contribution is 5.78. The van der Waals surface area contributed by atoms with Gasteiger partial charge in [-0.05, 0) is 60.5 Å². The van der Waals surface area contributed by atoms with E-state index in [1.54, 1.807) is 12.3 Å². The molecule has 144 valence electrons. The molecule has 0 radical (unpaired) electrons. The van der Waals surface area contributed by atoms with Crippen LogP contribution in [0.5, 0.6) is 0 Å². The predicted octanol–water partition coefficient (Wildman–Crippen LogP) is 1.65. The highest BCUT2D eigenvalue weighted by Gasteiger charge is 2.17. The summed E-state index contributed by atoms with van der Waals surface area (Å²) < 4.78 is 26.2. The summed E-state index contributed by atoms with van der Waals surface area (Å²) in [7, 11) is 0. The maximum Gasteiger partial charge on any atom is 0.277 e. The summed E-state index contributed by atoms with van der Waals surface area (Å²) in [6.45, 7) is 6.11. The predicted molar refractivity (Wildman–Crippen MR) is 109 cm³/mol. The van der Waals surface area contributed by atoms with Crippen molar-refractivity contribution in [3.63, 3.8) is 0 Å². The molecule has 0 unspecified atom stereocenters. The number of anilines is 1. The number of dihydropyridines is 1.